The lowest BCUT2D eigenvalue weighted by Gasteiger charge is -2.42. The van der Waals surface area contributed by atoms with Crippen LogP contribution < -0.4 is 5.32 Å². The van der Waals surface area contributed by atoms with E-state index in [0.717, 1.165) is 63.6 Å². The zero-order valence-corrected chi connectivity index (χ0v) is 15.7. The SMILES string of the molecule is CN1Cc2nnc(C(=O)NC3CCC3)n2CC12CCN(Cc1ccco1)C2. The molecule has 3 aliphatic rings. The fourth-order valence-corrected chi connectivity index (χ4v) is 4.52. The minimum atomic E-state index is -0.0800. The Morgan fingerprint density at radius 2 is 2.26 bits per heavy atom. The molecule has 1 N–H and O–H groups in total. The van der Waals surface area contributed by atoms with Gasteiger partial charge in [-0.2, -0.15) is 0 Å². The lowest BCUT2D eigenvalue weighted by Crippen LogP contribution is -2.55. The molecule has 1 unspecified atom stereocenters. The molecule has 8 heteroatoms. The van der Waals surface area contributed by atoms with Crippen LogP contribution in [0.3, 0.4) is 0 Å². The van der Waals surface area contributed by atoms with Gasteiger partial charge in [-0.25, -0.2) is 0 Å². The van der Waals surface area contributed by atoms with Crippen molar-refractivity contribution in [2.24, 2.45) is 0 Å². The Labute approximate surface area is 158 Å². The van der Waals surface area contributed by atoms with Crippen molar-refractivity contribution in [1.29, 1.82) is 0 Å². The summed E-state index contributed by atoms with van der Waals surface area (Å²) < 4.78 is 7.56. The fourth-order valence-electron chi connectivity index (χ4n) is 4.52. The van der Waals surface area contributed by atoms with Gasteiger partial charge in [0.05, 0.1) is 24.9 Å². The predicted molar refractivity (Wildman–Crippen MR) is 97.9 cm³/mol. The van der Waals surface area contributed by atoms with Crippen molar-refractivity contribution in [3.8, 4) is 0 Å². The van der Waals surface area contributed by atoms with E-state index < -0.39 is 0 Å². The Hall–Kier alpha value is -2.19. The van der Waals surface area contributed by atoms with Crippen molar-refractivity contribution in [3.05, 3.63) is 35.8 Å². The molecule has 4 heterocycles. The van der Waals surface area contributed by atoms with Crippen molar-refractivity contribution in [1.82, 2.24) is 29.9 Å². The highest BCUT2D eigenvalue weighted by Gasteiger charge is 2.46. The van der Waals surface area contributed by atoms with Gasteiger partial charge < -0.3 is 14.3 Å². The van der Waals surface area contributed by atoms with Gasteiger partial charge in [0.15, 0.2) is 0 Å². The van der Waals surface area contributed by atoms with Crippen LogP contribution in [0.25, 0.3) is 0 Å². The third-order valence-corrected chi connectivity index (χ3v) is 6.48. The van der Waals surface area contributed by atoms with Gasteiger partial charge in [0.1, 0.15) is 11.6 Å². The number of hydrogen-bond donors (Lipinski definition) is 1. The first-order valence-corrected chi connectivity index (χ1v) is 9.82. The van der Waals surface area contributed by atoms with Crippen LogP contribution >= 0.6 is 0 Å². The number of carbonyl (C=O) groups excluding carboxylic acids is 1. The molecule has 5 rings (SSSR count). The summed E-state index contributed by atoms with van der Waals surface area (Å²) in [5, 5.41) is 11.6. The molecule has 1 amide bonds. The Morgan fingerprint density at radius 3 is 3.00 bits per heavy atom. The number of fused-ring (bicyclic) bond motifs is 1. The molecular weight excluding hydrogens is 344 g/mol. The summed E-state index contributed by atoms with van der Waals surface area (Å²) in [6.07, 6.45) is 6.13. The molecule has 1 saturated heterocycles. The van der Waals surface area contributed by atoms with E-state index in [4.69, 9.17) is 4.42 Å². The van der Waals surface area contributed by atoms with E-state index in [1.54, 1.807) is 6.26 Å². The number of amides is 1. The topological polar surface area (TPSA) is 79.4 Å². The Kier molecular flexibility index (Phi) is 4.05. The smallest absolute Gasteiger partial charge is 0.289 e. The summed E-state index contributed by atoms with van der Waals surface area (Å²) in [5.74, 6) is 2.26. The molecule has 2 aliphatic heterocycles. The van der Waals surface area contributed by atoms with Crippen LogP contribution in [0.1, 0.15) is 47.9 Å². The second-order valence-electron chi connectivity index (χ2n) is 8.25. The third-order valence-electron chi connectivity index (χ3n) is 6.48. The first kappa shape index (κ1) is 16.9. The van der Waals surface area contributed by atoms with Gasteiger partial charge >= 0.3 is 0 Å². The maximum atomic E-state index is 12.7. The minimum Gasteiger partial charge on any atom is -0.468 e. The number of nitrogens with one attached hydrogen (secondary N) is 1. The molecule has 0 radical (unpaired) electrons. The monoisotopic (exact) mass is 370 g/mol. The Morgan fingerprint density at radius 1 is 1.37 bits per heavy atom. The van der Waals surface area contributed by atoms with E-state index in [1.165, 1.54) is 6.42 Å². The third kappa shape index (κ3) is 2.96. The molecule has 2 aromatic heterocycles. The molecule has 8 nitrogen and oxygen atoms in total. The maximum absolute atomic E-state index is 12.7. The summed E-state index contributed by atoms with van der Waals surface area (Å²) in [7, 11) is 2.16. The van der Waals surface area contributed by atoms with Crippen LogP contribution in [0.2, 0.25) is 0 Å². The molecule has 1 atom stereocenters. The minimum absolute atomic E-state index is 0.00741. The second-order valence-corrected chi connectivity index (χ2v) is 8.25. The van der Waals surface area contributed by atoms with Gasteiger partial charge in [0.25, 0.3) is 5.91 Å². The molecule has 2 aromatic rings. The maximum Gasteiger partial charge on any atom is 0.289 e. The highest BCUT2D eigenvalue weighted by atomic mass is 16.3. The Balaban J connectivity index is 1.34. The van der Waals surface area contributed by atoms with Crippen LogP contribution in [0.15, 0.2) is 22.8 Å². The first-order chi connectivity index (χ1) is 13.1. The van der Waals surface area contributed by atoms with E-state index >= 15 is 0 Å². The highest BCUT2D eigenvalue weighted by Crippen LogP contribution is 2.34. The van der Waals surface area contributed by atoms with Crippen molar-refractivity contribution in [2.45, 2.75) is 56.9 Å². The van der Waals surface area contributed by atoms with Gasteiger partial charge in [0.2, 0.25) is 5.82 Å². The largest absolute Gasteiger partial charge is 0.468 e. The number of nitrogens with zero attached hydrogens (tertiary/aromatic N) is 5. The number of carbonyl (C=O) groups is 1. The van der Waals surface area contributed by atoms with Gasteiger partial charge in [-0.15, -0.1) is 10.2 Å². The summed E-state index contributed by atoms with van der Waals surface area (Å²) in [6.45, 7) is 4.27. The molecule has 1 spiro atoms. The molecule has 1 saturated carbocycles. The molecule has 144 valence electrons. The Bertz CT molecular complexity index is 827. The van der Waals surface area contributed by atoms with Crippen LogP contribution in [0.5, 0.6) is 0 Å². The normalized spacial score (nSPS) is 26.3. The van der Waals surface area contributed by atoms with Gasteiger partial charge in [0, 0.05) is 25.7 Å². The predicted octanol–water partition coefficient (Wildman–Crippen LogP) is 1.24. The lowest BCUT2D eigenvalue weighted by atomic mass is 9.93. The standard InChI is InChI=1S/C19H26N6O2/c1-23-11-16-21-22-17(18(26)20-14-4-2-5-14)25(16)13-19(23)7-8-24(12-19)10-15-6-3-9-27-15/h3,6,9,14H,2,4-5,7-8,10-13H2,1H3,(H,20,26). The van der Waals surface area contributed by atoms with Crippen LogP contribution in [-0.2, 0) is 19.6 Å². The second kappa shape index (κ2) is 6.45. The number of likely N-dealkylation sites (N-methyl/N-ethyl adjacent to an activating group) is 1. The first-order valence-electron chi connectivity index (χ1n) is 9.82. The number of rotatable bonds is 4. The number of likely N-dealkylation sites (tertiary alicyclic amines) is 1. The average Bonchev–Trinajstić information content (AvgIpc) is 3.34. The van der Waals surface area contributed by atoms with E-state index in [0.29, 0.717) is 11.9 Å². The van der Waals surface area contributed by atoms with Crippen LogP contribution in [0.4, 0.5) is 0 Å². The van der Waals surface area contributed by atoms with E-state index in [1.807, 2.05) is 16.7 Å². The van der Waals surface area contributed by atoms with Crippen LogP contribution in [0, 0.1) is 0 Å². The summed E-state index contributed by atoms with van der Waals surface area (Å²) in [5.41, 5.74) is 0.00741. The molecule has 1 aliphatic carbocycles. The van der Waals surface area contributed by atoms with Crippen LogP contribution in [-0.4, -0.2) is 62.2 Å². The van der Waals surface area contributed by atoms with E-state index in [2.05, 4.69) is 32.4 Å². The van der Waals surface area contributed by atoms with Crippen molar-refractivity contribution in [2.75, 3.05) is 20.1 Å². The van der Waals surface area contributed by atoms with Gasteiger partial charge in [-0.05, 0) is 44.9 Å². The summed E-state index contributed by atoms with van der Waals surface area (Å²) in [4.78, 5) is 17.5. The molecule has 0 bridgehead atoms. The molecule has 0 aromatic carbocycles. The molecule has 2 fully saturated rings. The average molecular weight is 370 g/mol. The quantitative estimate of drug-likeness (QED) is 0.872. The van der Waals surface area contributed by atoms with E-state index in [-0.39, 0.29) is 11.4 Å². The van der Waals surface area contributed by atoms with Gasteiger partial charge in [-0.3, -0.25) is 14.6 Å². The van der Waals surface area contributed by atoms with Crippen molar-refractivity contribution in [3.63, 3.8) is 0 Å². The zero-order chi connectivity index (χ0) is 18.4. The number of furan rings is 1. The molecular formula is C19H26N6O2. The summed E-state index contributed by atoms with van der Waals surface area (Å²) >= 11 is 0. The zero-order valence-electron chi connectivity index (χ0n) is 15.7. The van der Waals surface area contributed by atoms with E-state index in [9.17, 15) is 4.79 Å². The molecule has 27 heavy (non-hydrogen) atoms. The lowest BCUT2D eigenvalue weighted by molar-refractivity contribution is 0.0638. The van der Waals surface area contributed by atoms with Gasteiger partial charge in [-0.1, -0.05) is 0 Å². The summed E-state index contributed by atoms with van der Waals surface area (Å²) in [6, 6.07) is 4.27. The van der Waals surface area contributed by atoms with Crippen molar-refractivity contribution < 1.29 is 9.21 Å². The fraction of sp³-hybridized carbons (Fsp3) is 0.632. The number of aromatic nitrogens is 3. The van der Waals surface area contributed by atoms with Crippen molar-refractivity contribution >= 4 is 5.91 Å². The number of hydrogen-bond acceptors (Lipinski definition) is 6. The highest BCUT2D eigenvalue weighted by molar-refractivity contribution is 5.91.